The molecule has 0 spiro atoms. The lowest BCUT2D eigenvalue weighted by Gasteiger charge is -2.23. The normalized spacial score (nSPS) is 25.7. The Kier molecular flexibility index (Phi) is 3.57. The van der Waals surface area contributed by atoms with E-state index in [1.165, 1.54) is 5.56 Å². The van der Waals surface area contributed by atoms with Crippen molar-refractivity contribution in [2.24, 2.45) is 5.73 Å². The summed E-state index contributed by atoms with van der Waals surface area (Å²) >= 11 is 0. The van der Waals surface area contributed by atoms with E-state index >= 15 is 0 Å². The molecule has 1 aliphatic carbocycles. The molecule has 21 heavy (non-hydrogen) atoms. The summed E-state index contributed by atoms with van der Waals surface area (Å²) in [7, 11) is 0. The molecule has 1 heterocycles. The molecule has 1 aromatic carbocycles. The van der Waals surface area contributed by atoms with Crippen molar-refractivity contribution in [1.82, 2.24) is 10.1 Å². The summed E-state index contributed by atoms with van der Waals surface area (Å²) in [6.45, 7) is 6.50. The van der Waals surface area contributed by atoms with Crippen molar-refractivity contribution in [3.05, 3.63) is 35.7 Å². The summed E-state index contributed by atoms with van der Waals surface area (Å²) in [6.07, 6.45) is 3.16. The molecule has 4 heteroatoms. The highest BCUT2D eigenvalue weighted by atomic mass is 16.5. The van der Waals surface area contributed by atoms with Crippen LogP contribution in [0.1, 0.15) is 57.4 Å². The number of aromatic nitrogens is 2. The van der Waals surface area contributed by atoms with Crippen LogP contribution in [0.15, 0.2) is 28.8 Å². The Morgan fingerprint density at radius 2 is 2.00 bits per heavy atom. The summed E-state index contributed by atoms with van der Waals surface area (Å²) < 4.78 is 5.51. The van der Waals surface area contributed by atoms with Gasteiger partial charge in [0.25, 0.3) is 0 Å². The lowest BCUT2D eigenvalue weighted by Crippen LogP contribution is -2.38. The van der Waals surface area contributed by atoms with Gasteiger partial charge in [-0.05, 0) is 31.2 Å². The van der Waals surface area contributed by atoms with Gasteiger partial charge >= 0.3 is 0 Å². The minimum atomic E-state index is -0.177. The zero-order valence-corrected chi connectivity index (χ0v) is 13.0. The van der Waals surface area contributed by atoms with Crippen molar-refractivity contribution in [2.75, 3.05) is 0 Å². The number of rotatable bonds is 3. The number of hydrogen-bond acceptors (Lipinski definition) is 4. The minimum Gasteiger partial charge on any atom is -0.338 e. The smallest absolute Gasteiger partial charge is 0.234 e. The van der Waals surface area contributed by atoms with E-state index in [1.807, 2.05) is 0 Å². The monoisotopic (exact) mass is 285 g/mol. The van der Waals surface area contributed by atoms with Crippen molar-refractivity contribution >= 4 is 0 Å². The third-order valence-corrected chi connectivity index (χ3v) is 4.78. The maximum absolute atomic E-state index is 6.22. The van der Waals surface area contributed by atoms with E-state index in [-0.39, 0.29) is 11.5 Å². The second kappa shape index (κ2) is 5.26. The summed E-state index contributed by atoms with van der Waals surface area (Å²) in [6, 6.07) is 8.47. The first-order valence-electron chi connectivity index (χ1n) is 7.71. The average Bonchev–Trinajstić information content (AvgIpc) is 3.08. The first kappa shape index (κ1) is 14.3. The van der Waals surface area contributed by atoms with Crippen LogP contribution in [0.3, 0.4) is 0 Å². The predicted molar refractivity (Wildman–Crippen MR) is 83.0 cm³/mol. The van der Waals surface area contributed by atoms with Gasteiger partial charge in [-0.3, -0.25) is 0 Å². The molecule has 0 radical (unpaired) electrons. The zero-order valence-electron chi connectivity index (χ0n) is 13.0. The van der Waals surface area contributed by atoms with Crippen LogP contribution in [-0.4, -0.2) is 16.2 Å². The zero-order chi connectivity index (χ0) is 15.0. The second-order valence-corrected chi connectivity index (χ2v) is 6.62. The Balaban J connectivity index is 1.88. The maximum Gasteiger partial charge on any atom is 0.234 e. The fourth-order valence-corrected chi connectivity index (χ4v) is 3.05. The third kappa shape index (κ3) is 2.48. The van der Waals surface area contributed by atoms with Gasteiger partial charge in [-0.2, -0.15) is 4.98 Å². The number of nitrogens with two attached hydrogens (primary N) is 1. The van der Waals surface area contributed by atoms with Crippen molar-refractivity contribution < 1.29 is 4.52 Å². The van der Waals surface area contributed by atoms with Crippen molar-refractivity contribution in [1.29, 1.82) is 0 Å². The fourth-order valence-electron chi connectivity index (χ4n) is 3.05. The first-order chi connectivity index (χ1) is 10.0. The van der Waals surface area contributed by atoms with Gasteiger partial charge < -0.3 is 10.3 Å². The Labute approximate surface area is 125 Å². The van der Waals surface area contributed by atoms with E-state index < -0.39 is 0 Å². The van der Waals surface area contributed by atoms with Gasteiger partial charge in [0, 0.05) is 11.6 Å². The molecule has 1 aromatic heterocycles. The lowest BCUT2D eigenvalue weighted by atomic mass is 9.85. The van der Waals surface area contributed by atoms with Crippen LogP contribution >= 0.6 is 0 Å². The van der Waals surface area contributed by atoms with E-state index in [0.29, 0.717) is 17.6 Å². The molecule has 1 aliphatic rings. The Bertz CT molecular complexity index is 617. The summed E-state index contributed by atoms with van der Waals surface area (Å²) in [4.78, 5) is 4.60. The predicted octanol–water partition coefficient (Wildman–Crippen LogP) is 3.63. The van der Waals surface area contributed by atoms with Crippen LogP contribution in [0.5, 0.6) is 0 Å². The van der Waals surface area contributed by atoms with Gasteiger partial charge in [-0.25, -0.2) is 0 Å². The van der Waals surface area contributed by atoms with Crippen LogP contribution in [0, 0.1) is 0 Å². The first-order valence-corrected chi connectivity index (χ1v) is 7.71. The van der Waals surface area contributed by atoms with Gasteiger partial charge in [0.1, 0.15) is 0 Å². The van der Waals surface area contributed by atoms with Gasteiger partial charge in [-0.15, -0.1) is 0 Å². The fraction of sp³-hybridized carbons (Fsp3) is 0.529. The van der Waals surface area contributed by atoms with E-state index in [4.69, 9.17) is 10.3 Å². The molecule has 0 saturated heterocycles. The number of nitrogens with zero attached hydrogens (tertiary/aromatic N) is 2. The molecule has 0 aliphatic heterocycles. The maximum atomic E-state index is 6.22. The van der Waals surface area contributed by atoms with Crippen LogP contribution < -0.4 is 5.73 Å². The standard InChI is InChI=1S/C17H23N3O/c1-11(2)12-6-8-13(9-7-12)15-19-16(21-20-15)17(3)10-4-5-14(17)18/h6-9,11,14H,4-5,10,18H2,1-3H3. The largest absolute Gasteiger partial charge is 0.338 e. The van der Waals surface area contributed by atoms with Crippen LogP contribution in [0.2, 0.25) is 0 Å². The topological polar surface area (TPSA) is 64.9 Å². The van der Waals surface area contributed by atoms with Crippen molar-refractivity contribution in [3.63, 3.8) is 0 Å². The van der Waals surface area contributed by atoms with Crippen molar-refractivity contribution in [2.45, 2.75) is 57.4 Å². The van der Waals surface area contributed by atoms with E-state index in [2.05, 4.69) is 55.2 Å². The molecular weight excluding hydrogens is 262 g/mol. The van der Waals surface area contributed by atoms with Gasteiger partial charge in [-0.1, -0.05) is 49.7 Å². The summed E-state index contributed by atoms with van der Waals surface area (Å²) in [5.74, 6) is 1.85. The molecule has 2 unspecified atom stereocenters. The van der Waals surface area contributed by atoms with E-state index in [9.17, 15) is 0 Å². The quantitative estimate of drug-likeness (QED) is 0.935. The highest BCUT2D eigenvalue weighted by Gasteiger charge is 2.42. The van der Waals surface area contributed by atoms with Crippen LogP contribution in [0.4, 0.5) is 0 Å². The van der Waals surface area contributed by atoms with Gasteiger partial charge in [0.2, 0.25) is 11.7 Å². The van der Waals surface area contributed by atoms with E-state index in [1.54, 1.807) is 0 Å². The molecule has 112 valence electrons. The molecule has 2 aromatic rings. The lowest BCUT2D eigenvalue weighted by molar-refractivity contribution is 0.278. The van der Waals surface area contributed by atoms with Crippen LogP contribution in [0.25, 0.3) is 11.4 Å². The molecule has 0 amide bonds. The highest BCUT2D eigenvalue weighted by molar-refractivity contribution is 5.55. The average molecular weight is 285 g/mol. The molecule has 1 fully saturated rings. The van der Waals surface area contributed by atoms with Crippen molar-refractivity contribution in [3.8, 4) is 11.4 Å². The number of benzene rings is 1. The van der Waals surface area contributed by atoms with Gasteiger partial charge in [0.05, 0.1) is 5.41 Å². The molecule has 0 bridgehead atoms. The molecule has 1 saturated carbocycles. The second-order valence-electron chi connectivity index (χ2n) is 6.62. The summed E-state index contributed by atoms with van der Waals surface area (Å²) in [5.41, 5.74) is 8.34. The van der Waals surface area contributed by atoms with Gasteiger partial charge in [0.15, 0.2) is 0 Å². The third-order valence-electron chi connectivity index (χ3n) is 4.78. The highest BCUT2D eigenvalue weighted by Crippen LogP contribution is 2.39. The van der Waals surface area contributed by atoms with Crippen LogP contribution in [-0.2, 0) is 5.41 Å². The molecule has 4 nitrogen and oxygen atoms in total. The number of hydrogen-bond donors (Lipinski definition) is 1. The Hall–Kier alpha value is -1.68. The Morgan fingerprint density at radius 3 is 2.57 bits per heavy atom. The SMILES string of the molecule is CC(C)c1ccc(-c2noc(C3(C)CCCC3N)n2)cc1. The summed E-state index contributed by atoms with van der Waals surface area (Å²) in [5, 5.41) is 4.14. The Morgan fingerprint density at radius 1 is 1.29 bits per heavy atom. The molecule has 3 rings (SSSR count). The molecule has 2 atom stereocenters. The van der Waals surface area contributed by atoms with E-state index in [0.717, 1.165) is 24.8 Å². The molecular formula is C17H23N3O. The molecule has 2 N–H and O–H groups in total. The minimum absolute atomic E-state index is 0.106.